The summed E-state index contributed by atoms with van der Waals surface area (Å²) in [5.41, 5.74) is 0.238. The van der Waals surface area contributed by atoms with Crippen molar-refractivity contribution in [1.29, 1.82) is 0 Å². The Bertz CT molecular complexity index is 497. The Balaban J connectivity index is 2.41. The van der Waals surface area contributed by atoms with Crippen LogP contribution in [0.15, 0.2) is 12.1 Å². The fourth-order valence-electron chi connectivity index (χ4n) is 1.34. The third kappa shape index (κ3) is 5.03. The average Bonchev–Trinajstić information content (AvgIpc) is 2.23. The second kappa shape index (κ2) is 6.17. The van der Waals surface area contributed by atoms with Crippen LogP contribution in [0.3, 0.4) is 0 Å². The van der Waals surface area contributed by atoms with Crippen LogP contribution in [0, 0.1) is 17.5 Å². The van der Waals surface area contributed by atoms with Crippen molar-refractivity contribution >= 4 is 10.0 Å². The summed E-state index contributed by atoms with van der Waals surface area (Å²) >= 11 is 0. The van der Waals surface area contributed by atoms with E-state index in [1.54, 1.807) is 0 Å². The molecular weight excluding hydrogens is 269 g/mol. The fraction of sp³-hybridized carbons (Fsp3) is 0.400. The van der Waals surface area contributed by atoms with Crippen molar-refractivity contribution in [1.82, 2.24) is 5.32 Å². The second-order valence-electron chi connectivity index (χ2n) is 3.77. The van der Waals surface area contributed by atoms with Gasteiger partial charge in [-0.25, -0.2) is 26.7 Å². The van der Waals surface area contributed by atoms with E-state index in [-0.39, 0.29) is 24.3 Å². The molecule has 0 aliphatic rings. The SMILES string of the molecule is NS(=O)(=O)CCCNCc1cc(F)c(F)c(F)c1. The van der Waals surface area contributed by atoms with E-state index in [1.807, 2.05) is 0 Å². The Morgan fingerprint density at radius 3 is 2.22 bits per heavy atom. The normalized spacial score (nSPS) is 11.8. The Kier molecular flexibility index (Phi) is 5.12. The summed E-state index contributed by atoms with van der Waals surface area (Å²) < 4.78 is 59.5. The topological polar surface area (TPSA) is 72.2 Å². The van der Waals surface area contributed by atoms with Crippen LogP contribution >= 0.6 is 0 Å². The molecule has 0 spiro atoms. The van der Waals surface area contributed by atoms with Crippen LogP contribution in [0.1, 0.15) is 12.0 Å². The first kappa shape index (κ1) is 14.9. The van der Waals surface area contributed by atoms with Gasteiger partial charge < -0.3 is 5.32 Å². The summed E-state index contributed by atoms with van der Waals surface area (Å²) in [5, 5.41) is 7.56. The van der Waals surface area contributed by atoms with E-state index in [9.17, 15) is 21.6 Å². The van der Waals surface area contributed by atoms with Crippen molar-refractivity contribution in [2.45, 2.75) is 13.0 Å². The predicted molar refractivity (Wildman–Crippen MR) is 60.6 cm³/mol. The highest BCUT2D eigenvalue weighted by Gasteiger charge is 2.10. The number of sulfonamides is 1. The third-order valence-electron chi connectivity index (χ3n) is 2.16. The molecule has 3 N–H and O–H groups in total. The minimum atomic E-state index is -3.50. The molecule has 0 unspecified atom stereocenters. The van der Waals surface area contributed by atoms with Gasteiger partial charge in [0.1, 0.15) is 0 Å². The van der Waals surface area contributed by atoms with Gasteiger partial charge in [-0.3, -0.25) is 0 Å². The highest BCUT2D eigenvalue weighted by molar-refractivity contribution is 7.89. The van der Waals surface area contributed by atoms with Gasteiger partial charge in [0.05, 0.1) is 5.75 Å². The molecule has 0 saturated carbocycles. The number of halogens is 3. The molecule has 1 aromatic rings. The van der Waals surface area contributed by atoms with Crippen molar-refractivity contribution < 1.29 is 21.6 Å². The Labute approximate surface area is 103 Å². The molecule has 1 aromatic carbocycles. The van der Waals surface area contributed by atoms with Crippen LogP contribution < -0.4 is 10.5 Å². The van der Waals surface area contributed by atoms with E-state index in [2.05, 4.69) is 5.32 Å². The minimum absolute atomic E-state index is 0.110. The van der Waals surface area contributed by atoms with Crippen molar-refractivity contribution in [2.24, 2.45) is 5.14 Å². The predicted octanol–water partition coefficient (Wildman–Crippen LogP) is 0.872. The average molecular weight is 282 g/mol. The molecule has 0 radical (unpaired) electrons. The number of hydrogen-bond acceptors (Lipinski definition) is 3. The molecule has 18 heavy (non-hydrogen) atoms. The second-order valence-corrected chi connectivity index (χ2v) is 5.50. The number of benzene rings is 1. The molecule has 0 bridgehead atoms. The standard InChI is InChI=1S/C10H13F3N2O2S/c11-8-4-7(5-9(12)10(8)13)6-15-2-1-3-18(14,16)17/h4-5,15H,1-3,6H2,(H2,14,16,17). The lowest BCUT2D eigenvalue weighted by atomic mass is 10.2. The summed E-state index contributed by atoms with van der Waals surface area (Å²) in [7, 11) is -3.50. The molecule has 0 atom stereocenters. The molecule has 0 aliphatic carbocycles. The van der Waals surface area contributed by atoms with E-state index in [0.717, 1.165) is 12.1 Å². The summed E-state index contributed by atoms with van der Waals surface area (Å²) in [6.45, 7) is 0.426. The first-order chi connectivity index (χ1) is 8.29. The maximum absolute atomic E-state index is 12.8. The molecule has 102 valence electrons. The van der Waals surface area contributed by atoms with Crippen molar-refractivity contribution in [2.75, 3.05) is 12.3 Å². The van der Waals surface area contributed by atoms with E-state index < -0.39 is 27.5 Å². The maximum Gasteiger partial charge on any atom is 0.209 e. The smallest absolute Gasteiger partial charge is 0.209 e. The minimum Gasteiger partial charge on any atom is -0.313 e. The van der Waals surface area contributed by atoms with Crippen LogP contribution in [0.5, 0.6) is 0 Å². The molecule has 4 nitrogen and oxygen atoms in total. The van der Waals surface area contributed by atoms with E-state index >= 15 is 0 Å². The zero-order valence-corrected chi connectivity index (χ0v) is 10.2. The van der Waals surface area contributed by atoms with Gasteiger partial charge in [0.25, 0.3) is 0 Å². The maximum atomic E-state index is 12.8. The van der Waals surface area contributed by atoms with Gasteiger partial charge in [0.2, 0.25) is 10.0 Å². The van der Waals surface area contributed by atoms with Gasteiger partial charge >= 0.3 is 0 Å². The van der Waals surface area contributed by atoms with Gasteiger partial charge in [-0.1, -0.05) is 0 Å². The number of hydrogen-bond donors (Lipinski definition) is 2. The molecule has 0 aliphatic heterocycles. The van der Waals surface area contributed by atoms with Gasteiger partial charge in [0.15, 0.2) is 17.5 Å². The van der Waals surface area contributed by atoms with Gasteiger partial charge in [-0.15, -0.1) is 0 Å². The molecule has 0 saturated heterocycles. The van der Waals surface area contributed by atoms with E-state index in [1.165, 1.54) is 0 Å². The summed E-state index contributed by atoms with van der Waals surface area (Å²) in [6, 6.07) is 1.76. The lowest BCUT2D eigenvalue weighted by Crippen LogP contribution is -2.22. The lowest BCUT2D eigenvalue weighted by Gasteiger charge is -2.05. The first-order valence-corrected chi connectivity index (χ1v) is 6.86. The fourth-order valence-corrected chi connectivity index (χ4v) is 1.89. The van der Waals surface area contributed by atoms with Crippen LogP contribution in [0.2, 0.25) is 0 Å². The van der Waals surface area contributed by atoms with Crippen LogP contribution in [0.25, 0.3) is 0 Å². The lowest BCUT2D eigenvalue weighted by molar-refractivity contribution is 0.444. The Morgan fingerprint density at radius 2 is 1.72 bits per heavy atom. The monoisotopic (exact) mass is 282 g/mol. The number of nitrogens with two attached hydrogens (primary N) is 1. The van der Waals surface area contributed by atoms with Gasteiger partial charge in [-0.05, 0) is 30.7 Å². The number of primary sulfonamides is 1. The Hall–Kier alpha value is -1.12. The highest BCUT2D eigenvalue weighted by Crippen LogP contribution is 2.13. The number of nitrogens with one attached hydrogen (secondary N) is 1. The van der Waals surface area contributed by atoms with E-state index in [4.69, 9.17) is 5.14 Å². The molecule has 0 aromatic heterocycles. The van der Waals surface area contributed by atoms with Crippen LogP contribution in [0.4, 0.5) is 13.2 Å². The highest BCUT2D eigenvalue weighted by atomic mass is 32.2. The zero-order chi connectivity index (χ0) is 13.8. The molecular formula is C10H13F3N2O2S. The van der Waals surface area contributed by atoms with Gasteiger partial charge in [0, 0.05) is 6.54 Å². The molecule has 0 amide bonds. The third-order valence-corrected chi connectivity index (χ3v) is 3.01. The van der Waals surface area contributed by atoms with E-state index in [0.29, 0.717) is 6.54 Å². The zero-order valence-electron chi connectivity index (χ0n) is 9.42. The molecule has 8 heteroatoms. The van der Waals surface area contributed by atoms with Crippen molar-refractivity contribution in [3.63, 3.8) is 0 Å². The summed E-state index contributed by atoms with van der Waals surface area (Å²) in [5.74, 6) is -4.19. The van der Waals surface area contributed by atoms with Crippen molar-refractivity contribution in [3.8, 4) is 0 Å². The van der Waals surface area contributed by atoms with Crippen LogP contribution in [-0.4, -0.2) is 20.7 Å². The van der Waals surface area contributed by atoms with Crippen molar-refractivity contribution in [3.05, 3.63) is 35.1 Å². The quantitative estimate of drug-likeness (QED) is 0.601. The number of rotatable bonds is 6. The molecule has 0 heterocycles. The Morgan fingerprint density at radius 1 is 1.17 bits per heavy atom. The molecule has 0 fully saturated rings. The van der Waals surface area contributed by atoms with Gasteiger partial charge in [-0.2, -0.15) is 0 Å². The summed E-state index contributed by atoms with van der Waals surface area (Å²) in [4.78, 5) is 0. The van der Waals surface area contributed by atoms with Crippen LogP contribution in [-0.2, 0) is 16.6 Å². The first-order valence-electron chi connectivity index (χ1n) is 5.14. The largest absolute Gasteiger partial charge is 0.313 e. The summed E-state index contributed by atoms with van der Waals surface area (Å²) in [6.07, 6.45) is 0.283. The molecule has 1 rings (SSSR count).